The largest absolute Gasteiger partial charge is 0.395 e. The maximum atomic E-state index is 13.1. The van der Waals surface area contributed by atoms with Gasteiger partial charge >= 0.3 is 0 Å². The van der Waals surface area contributed by atoms with E-state index in [9.17, 15) is 18.0 Å². The van der Waals surface area contributed by atoms with E-state index in [1.807, 2.05) is 4.90 Å². The zero-order chi connectivity index (χ0) is 28.9. The number of carbonyl (C=O) groups excluding carboxylic acids is 2. The van der Waals surface area contributed by atoms with Crippen LogP contribution < -0.4 is 10.2 Å². The van der Waals surface area contributed by atoms with Gasteiger partial charge in [0.2, 0.25) is 0 Å². The summed E-state index contributed by atoms with van der Waals surface area (Å²) in [4.78, 5) is 40.4. The predicted molar refractivity (Wildman–Crippen MR) is 153 cm³/mol. The molecule has 40 heavy (non-hydrogen) atoms. The van der Waals surface area contributed by atoms with E-state index in [2.05, 4.69) is 32.0 Å². The van der Waals surface area contributed by atoms with Crippen molar-refractivity contribution in [2.75, 3.05) is 57.0 Å². The second-order valence-corrected chi connectivity index (χ2v) is 12.9. The molecule has 2 aliphatic heterocycles. The zero-order valence-electron chi connectivity index (χ0n) is 22.9. The number of aliphatic hydroxyl groups is 1. The number of amides is 2. The number of halogens is 1. The smallest absolute Gasteiger partial charge is 0.271 e. The summed E-state index contributed by atoms with van der Waals surface area (Å²) in [7, 11) is -3.12. The van der Waals surface area contributed by atoms with E-state index in [0.29, 0.717) is 36.1 Å². The van der Waals surface area contributed by atoms with Crippen LogP contribution in [0.15, 0.2) is 30.5 Å². The number of likely N-dealkylation sites (tertiary alicyclic amines) is 1. The molecule has 1 atom stereocenters. The summed E-state index contributed by atoms with van der Waals surface area (Å²) in [5.41, 5.74) is 1.36. The summed E-state index contributed by atoms with van der Waals surface area (Å²) in [6, 6.07) is 7.50. The highest BCUT2D eigenvalue weighted by Gasteiger charge is 2.35. The van der Waals surface area contributed by atoms with Crippen LogP contribution in [-0.2, 0) is 15.6 Å². The number of hydrogen-bond donors (Lipinski definition) is 2. The van der Waals surface area contributed by atoms with Crippen molar-refractivity contribution < 1.29 is 23.1 Å². The Bertz CT molecular complexity index is 1300. The fourth-order valence-corrected chi connectivity index (χ4v) is 6.53. The average Bonchev–Trinajstić information content (AvgIpc) is 2.95. The molecule has 3 heterocycles. The number of sulfone groups is 1. The summed E-state index contributed by atoms with van der Waals surface area (Å²) >= 11 is 6.43. The predicted octanol–water partition coefficient (Wildman–Crippen LogP) is 1.60. The first-order valence-corrected chi connectivity index (χ1v) is 16.0. The van der Waals surface area contributed by atoms with E-state index < -0.39 is 15.7 Å². The van der Waals surface area contributed by atoms with E-state index in [4.69, 9.17) is 16.7 Å². The highest BCUT2D eigenvalue weighted by Crippen LogP contribution is 2.28. The zero-order valence-corrected chi connectivity index (χ0v) is 24.5. The molecule has 4 rings (SSSR count). The lowest BCUT2D eigenvalue weighted by Gasteiger charge is -2.47. The number of benzene rings is 1. The molecule has 0 saturated carbocycles. The van der Waals surface area contributed by atoms with Crippen molar-refractivity contribution in [3.8, 4) is 0 Å². The van der Waals surface area contributed by atoms with Crippen LogP contribution in [0.2, 0.25) is 5.15 Å². The minimum absolute atomic E-state index is 0.0251. The first-order chi connectivity index (χ1) is 19.1. The fourth-order valence-electron chi connectivity index (χ4n) is 5.48. The molecule has 0 aliphatic carbocycles. The number of hydrogen-bond acceptors (Lipinski definition) is 9. The van der Waals surface area contributed by atoms with E-state index in [-0.39, 0.29) is 41.7 Å². The lowest BCUT2D eigenvalue weighted by atomic mass is 9.97. The third-order valence-corrected chi connectivity index (χ3v) is 8.60. The molecule has 2 aliphatic rings. The molecular formula is C27H37ClN6O5S. The van der Waals surface area contributed by atoms with Crippen LogP contribution in [0.4, 0.5) is 5.82 Å². The lowest BCUT2D eigenvalue weighted by molar-refractivity contribution is 0.0490. The molecule has 1 unspecified atom stereocenters. The summed E-state index contributed by atoms with van der Waals surface area (Å²) in [6.45, 7) is 5.76. The highest BCUT2D eigenvalue weighted by atomic mass is 35.5. The monoisotopic (exact) mass is 592 g/mol. The van der Waals surface area contributed by atoms with Crippen molar-refractivity contribution in [2.24, 2.45) is 0 Å². The van der Waals surface area contributed by atoms with E-state index in [0.717, 1.165) is 38.9 Å². The van der Waals surface area contributed by atoms with Gasteiger partial charge in [0, 0.05) is 63.2 Å². The van der Waals surface area contributed by atoms with Crippen molar-refractivity contribution in [1.82, 2.24) is 25.1 Å². The molecule has 11 nitrogen and oxygen atoms in total. The molecule has 1 aromatic carbocycles. The molecule has 0 radical (unpaired) electrons. The van der Waals surface area contributed by atoms with Crippen LogP contribution in [-0.4, -0.2) is 109 Å². The van der Waals surface area contributed by atoms with Crippen LogP contribution in [0.3, 0.4) is 0 Å². The highest BCUT2D eigenvalue weighted by molar-refractivity contribution is 7.89. The van der Waals surface area contributed by atoms with Crippen molar-refractivity contribution in [2.45, 2.75) is 44.0 Å². The molecule has 2 aromatic rings. The van der Waals surface area contributed by atoms with E-state index in [1.54, 1.807) is 24.3 Å². The second-order valence-electron chi connectivity index (χ2n) is 10.4. The number of piperidine rings is 1. The molecule has 218 valence electrons. The van der Waals surface area contributed by atoms with Crippen LogP contribution in [0, 0.1) is 0 Å². The standard InChI is InChI=1S/C27H37ClN6O5S/c1-3-21-17-33(25-24(28)31-23(16-30-25)26(36)29-10-15-35)13-14-34(21)22-8-11-32(12-9-22)27(37)20-6-4-19(5-7-20)18-40(2,38)39/h4-7,16,21-22,35H,3,8-15,17-18H2,1-2H3,(H,29,36). The Morgan fingerprint density at radius 2 is 1.82 bits per heavy atom. The Morgan fingerprint density at radius 1 is 1.12 bits per heavy atom. The molecule has 2 fully saturated rings. The molecule has 0 bridgehead atoms. The van der Waals surface area contributed by atoms with Gasteiger partial charge in [0.1, 0.15) is 5.69 Å². The third kappa shape index (κ3) is 7.48. The Labute approximate surface area is 240 Å². The number of aromatic nitrogens is 2. The van der Waals surface area contributed by atoms with Gasteiger partial charge in [-0.15, -0.1) is 0 Å². The number of anilines is 1. The summed E-state index contributed by atoms with van der Waals surface area (Å²) in [5, 5.41) is 11.6. The molecular weight excluding hydrogens is 556 g/mol. The van der Waals surface area contributed by atoms with Crippen LogP contribution >= 0.6 is 11.6 Å². The number of aliphatic hydroxyl groups excluding tert-OH is 1. The summed E-state index contributed by atoms with van der Waals surface area (Å²) in [6.07, 6.45) is 5.32. The van der Waals surface area contributed by atoms with Crippen molar-refractivity contribution in [1.29, 1.82) is 0 Å². The van der Waals surface area contributed by atoms with Crippen LogP contribution in [0.1, 0.15) is 52.6 Å². The van der Waals surface area contributed by atoms with Gasteiger partial charge in [-0.05, 0) is 37.0 Å². The lowest BCUT2D eigenvalue weighted by Crippen LogP contribution is -2.58. The van der Waals surface area contributed by atoms with E-state index >= 15 is 0 Å². The van der Waals surface area contributed by atoms with Crippen LogP contribution in [0.25, 0.3) is 0 Å². The van der Waals surface area contributed by atoms with Crippen molar-refractivity contribution in [3.63, 3.8) is 0 Å². The minimum atomic E-state index is -3.12. The Morgan fingerprint density at radius 3 is 2.42 bits per heavy atom. The van der Waals surface area contributed by atoms with Gasteiger partial charge in [-0.3, -0.25) is 14.5 Å². The maximum Gasteiger partial charge on any atom is 0.271 e. The van der Waals surface area contributed by atoms with Gasteiger partial charge < -0.3 is 20.2 Å². The van der Waals surface area contributed by atoms with Gasteiger partial charge in [-0.25, -0.2) is 18.4 Å². The molecule has 13 heteroatoms. The van der Waals surface area contributed by atoms with Crippen molar-refractivity contribution >= 4 is 39.1 Å². The first-order valence-electron chi connectivity index (χ1n) is 13.6. The number of nitrogens with one attached hydrogen (secondary N) is 1. The average molecular weight is 593 g/mol. The third-order valence-electron chi connectivity index (χ3n) is 7.49. The number of carbonyl (C=O) groups is 2. The van der Waals surface area contributed by atoms with Gasteiger partial charge in [0.15, 0.2) is 20.8 Å². The fraction of sp³-hybridized carbons (Fsp3) is 0.556. The van der Waals surface area contributed by atoms with Gasteiger partial charge in [-0.1, -0.05) is 30.7 Å². The maximum absolute atomic E-state index is 13.1. The summed E-state index contributed by atoms with van der Waals surface area (Å²) in [5.74, 6) is 0.0650. The number of rotatable bonds is 9. The molecule has 2 amide bonds. The Hall–Kier alpha value is -2.80. The quantitative estimate of drug-likeness (QED) is 0.445. The minimum Gasteiger partial charge on any atom is -0.395 e. The topological polar surface area (TPSA) is 136 Å². The Balaban J connectivity index is 1.32. The van der Waals surface area contributed by atoms with Crippen LogP contribution in [0.5, 0.6) is 0 Å². The molecule has 1 aromatic heterocycles. The molecule has 2 N–H and O–H groups in total. The van der Waals surface area contributed by atoms with E-state index in [1.165, 1.54) is 12.5 Å². The van der Waals surface area contributed by atoms with Gasteiger partial charge in [0.05, 0.1) is 18.6 Å². The molecule has 2 saturated heterocycles. The normalized spacial score (nSPS) is 19.1. The summed E-state index contributed by atoms with van der Waals surface area (Å²) < 4.78 is 23.1. The number of piperazine rings is 1. The molecule has 0 spiro atoms. The SMILES string of the molecule is CCC1CN(c2ncc(C(=O)NCCO)nc2Cl)CCN1C1CCN(C(=O)c2ccc(CS(C)(=O)=O)cc2)CC1. The first kappa shape index (κ1) is 30.2. The second kappa shape index (κ2) is 13.2. The van der Waals surface area contributed by atoms with Gasteiger partial charge in [-0.2, -0.15) is 0 Å². The van der Waals surface area contributed by atoms with Gasteiger partial charge in [0.25, 0.3) is 11.8 Å². The Kier molecular flexibility index (Phi) is 9.99. The number of nitrogens with zero attached hydrogens (tertiary/aromatic N) is 5. The van der Waals surface area contributed by atoms with Crippen molar-refractivity contribution in [3.05, 3.63) is 52.4 Å².